The third-order valence-electron chi connectivity index (χ3n) is 3.65. The van der Waals surface area contributed by atoms with Crippen molar-refractivity contribution in [3.8, 4) is 0 Å². The van der Waals surface area contributed by atoms with E-state index < -0.39 is 0 Å². The Balaban J connectivity index is 1.74. The van der Waals surface area contributed by atoms with Crippen LogP contribution in [0.25, 0.3) is 0 Å². The number of aromatic nitrogens is 3. The molecule has 3 rings (SSSR count). The van der Waals surface area contributed by atoms with E-state index in [4.69, 9.17) is 9.05 Å². The van der Waals surface area contributed by atoms with Crippen molar-refractivity contribution < 1.29 is 9.05 Å². The van der Waals surface area contributed by atoms with Crippen molar-refractivity contribution in [3.63, 3.8) is 0 Å². The molecule has 1 fully saturated rings. The summed E-state index contributed by atoms with van der Waals surface area (Å²) in [5, 5.41) is 8.20. The highest BCUT2D eigenvalue weighted by Crippen LogP contribution is 2.32. The van der Waals surface area contributed by atoms with Crippen LogP contribution in [0.1, 0.15) is 61.8 Å². The minimum Gasteiger partial charge on any atom is -0.361 e. The second-order valence-corrected chi connectivity index (χ2v) is 5.70. The van der Waals surface area contributed by atoms with Gasteiger partial charge >= 0.3 is 0 Å². The van der Waals surface area contributed by atoms with Crippen molar-refractivity contribution in [2.45, 2.75) is 52.1 Å². The van der Waals surface area contributed by atoms with Gasteiger partial charge in [0.05, 0.1) is 11.7 Å². The highest BCUT2D eigenvalue weighted by molar-refractivity contribution is 5.06. The highest BCUT2D eigenvalue weighted by atomic mass is 16.5. The first-order chi connectivity index (χ1) is 9.63. The molecular formula is C14H20N4O2. The third-order valence-corrected chi connectivity index (χ3v) is 3.65. The number of nitrogens with zero attached hydrogens (tertiary/aromatic N) is 4. The van der Waals surface area contributed by atoms with Gasteiger partial charge in [0.1, 0.15) is 5.76 Å². The molecule has 2 aromatic rings. The van der Waals surface area contributed by atoms with Gasteiger partial charge < -0.3 is 9.05 Å². The number of hydrogen-bond acceptors (Lipinski definition) is 6. The van der Waals surface area contributed by atoms with Gasteiger partial charge in [-0.3, -0.25) is 4.90 Å². The average molecular weight is 276 g/mol. The first-order valence-corrected chi connectivity index (χ1v) is 7.13. The molecule has 0 spiro atoms. The van der Waals surface area contributed by atoms with Gasteiger partial charge in [0, 0.05) is 18.5 Å². The van der Waals surface area contributed by atoms with E-state index in [0.717, 1.165) is 43.2 Å². The van der Waals surface area contributed by atoms with Crippen LogP contribution in [0, 0.1) is 6.92 Å². The molecule has 108 valence electrons. The Morgan fingerprint density at radius 2 is 2.20 bits per heavy atom. The normalized spacial score (nSPS) is 20.1. The fourth-order valence-electron chi connectivity index (χ4n) is 2.63. The van der Waals surface area contributed by atoms with E-state index in [1.54, 1.807) is 0 Å². The van der Waals surface area contributed by atoms with E-state index in [0.29, 0.717) is 5.89 Å². The van der Waals surface area contributed by atoms with Gasteiger partial charge in [0.15, 0.2) is 5.82 Å². The number of hydrogen-bond donors (Lipinski definition) is 0. The Bertz CT molecular complexity index is 575. The molecule has 20 heavy (non-hydrogen) atoms. The molecule has 0 saturated carbocycles. The molecule has 0 N–H and O–H groups in total. The Labute approximate surface area is 118 Å². The Morgan fingerprint density at radius 3 is 2.85 bits per heavy atom. The zero-order valence-corrected chi connectivity index (χ0v) is 12.2. The monoisotopic (exact) mass is 276 g/mol. The van der Waals surface area contributed by atoms with Gasteiger partial charge in [-0.25, -0.2) is 0 Å². The van der Waals surface area contributed by atoms with Crippen molar-refractivity contribution in [1.82, 2.24) is 20.2 Å². The maximum atomic E-state index is 5.32. The second-order valence-electron chi connectivity index (χ2n) is 5.70. The predicted octanol–water partition coefficient (Wildman–Crippen LogP) is 2.83. The number of likely N-dealkylation sites (tertiary alicyclic amines) is 1. The molecule has 0 amide bonds. The Hall–Kier alpha value is -1.69. The average Bonchev–Trinajstić information content (AvgIpc) is 3.10. The molecule has 6 nitrogen and oxygen atoms in total. The molecule has 2 aromatic heterocycles. The standard InChI is InChI=1S/C14H20N4O2/c1-9(2)14-15-13(17-20-14)12-5-4-6-18(12)8-11-7-10(3)19-16-11/h7,9,12H,4-6,8H2,1-3H3. The Morgan fingerprint density at radius 1 is 1.35 bits per heavy atom. The van der Waals surface area contributed by atoms with Gasteiger partial charge in [-0.05, 0) is 26.3 Å². The lowest BCUT2D eigenvalue weighted by Crippen LogP contribution is -2.23. The quantitative estimate of drug-likeness (QED) is 0.855. The topological polar surface area (TPSA) is 68.2 Å². The lowest BCUT2D eigenvalue weighted by molar-refractivity contribution is 0.226. The van der Waals surface area contributed by atoms with Crippen LogP contribution in [0.5, 0.6) is 0 Å². The van der Waals surface area contributed by atoms with Gasteiger partial charge in [-0.15, -0.1) is 0 Å². The molecule has 3 heterocycles. The maximum absolute atomic E-state index is 5.32. The molecule has 1 atom stereocenters. The fourth-order valence-corrected chi connectivity index (χ4v) is 2.63. The van der Waals surface area contributed by atoms with E-state index in [2.05, 4.69) is 34.0 Å². The van der Waals surface area contributed by atoms with Crippen molar-refractivity contribution in [2.24, 2.45) is 0 Å². The second kappa shape index (κ2) is 5.36. The Kier molecular flexibility index (Phi) is 3.56. The van der Waals surface area contributed by atoms with E-state index in [-0.39, 0.29) is 12.0 Å². The molecule has 0 bridgehead atoms. The predicted molar refractivity (Wildman–Crippen MR) is 72.0 cm³/mol. The molecule has 1 unspecified atom stereocenters. The van der Waals surface area contributed by atoms with Crippen LogP contribution in [-0.2, 0) is 6.54 Å². The summed E-state index contributed by atoms with van der Waals surface area (Å²) in [4.78, 5) is 6.87. The van der Waals surface area contributed by atoms with Crippen LogP contribution < -0.4 is 0 Å². The molecule has 6 heteroatoms. The van der Waals surface area contributed by atoms with Crippen molar-refractivity contribution in [3.05, 3.63) is 29.2 Å². The summed E-state index contributed by atoms with van der Waals surface area (Å²) in [5.41, 5.74) is 0.960. The van der Waals surface area contributed by atoms with E-state index in [1.807, 2.05) is 13.0 Å². The summed E-state index contributed by atoms with van der Waals surface area (Å²) in [7, 11) is 0. The number of rotatable bonds is 4. The molecule has 0 aromatic carbocycles. The minimum absolute atomic E-state index is 0.225. The van der Waals surface area contributed by atoms with E-state index in [1.165, 1.54) is 0 Å². The maximum Gasteiger partial charge on any atom is 0.229 e. The van der Waals surface area contributed by atoms with Crippen molar-refractivity contribution >= 4 is 0 Å². The van der Waals surface area contributed by atoms with Crippen LogP contribution in [0.3, 0.4) is 0 Å². The van der Waals surface area contributed by atoms with Gasteiger partial charge in [0.25, 0.3) is 0 Å². The first kappa shape index (κ1) is 13.3. The first-order valence-electron chi connectivity index (χ1n) is 7.13. The number of aryl methyl sites for hydroxylation is 1. The lowest BCUT2D eigenvalue weighted by Gasteiger charge is -2.20. The van der Waals surface area contributed by atoms with Gasteiger partial charge in [-0.2, -0.15) is 4.98 Å². The SMILES string of the molecule is Cc1cc(CN2CCCC2c2noc(C(C)C)n2)no1. The molecule has 1 aliphatic rings. The van der Waals surface area contributed by atoms with Crippen LogP contribution in [0.15, 0.2) is 15.1 Å². The fraction of sp³-hybridized carbons (Fsp3) is 0.643. The molecule has 1 saturated heterocycles. The highest BCUT2D eigenvalue weighted by Gasteiger charge is 2.30. The summed E-state index contributed by atoms with van der Waals surface area (Å²) >= 11 is 0. The lowest BCUT2D eigenvalue weighted by atomic mass is 10.2. The van der Waals surface area contributed by atoms with Gasteiger partial charge in [-0.1, -0.05) is 24.2 Å². The summed E-state index contributed by atoms with van der Waals surface area (Å²) < 4.78 is 10.4. The summed E-state index contributed by atoms with van der Waals surface area (Å²) in [6.45, 7) is 7.82. The molecular weight excluding hydrogens is 256 g/mol. The smallest absolute Gasteiger partial charge is 0.229 e. The molecule has 1 aliphatic heterocycles. The van der Waals surface area contributed by atoms with Crippen molar-refractivity contribution in [1.29, 1.82) is 0 Å². The molecule has 0 radical (unpaired) electrons. The van der Waals surface area contributed by atoms with Crippen LogP contribution in [0.2, 0.25) is 0 Å². The summed E-state index contributed by atoms with van der Waals surface area (Å²) in [5.74, 6) is 2.62. The van der Waals surface area contributed by atoms with E-state index >= 15 is 0 Å². The summed E-state index contributed by atoms with van der Waals surface area (Å²) in [6.07, 6.45) is 2.21. The largest absolute Gasteiger partial charge is 0.361 e. The van der Waals surface area contributed by atoms with Crippen LogP contribution in [0.4, 0.5) is 0 Å². The third kappa shape index (κ3) is 2.60. The molecule has 0 aliphatic carbocycles. The van der Waals surface area contributed by atoms with Crippen LogP contribution in [-0.4, -0.2) is 26.7 Å². The van der Waals surface area contributed by atoms with Crippen molar-refractivity contribution in [2.75, 3.05) is 6.54 Å². The zero-order valence-electron chi connectivity index (χ0n) is 12.2. The zero-order chi connectivity index (χ0) is 14.1. The minimum atomic E-state index is 0.225. The van der Waals surface area contributed by atoms with E-state index in [9.17, 15) is 0 Å². The van der Waals surface area contributed by atoms with Crippen LogP contribution >= 0.6 is 0 Å². The van der Waals surface area contributed by atoms with Gasteiger partial charge in [0.2, 0.25) is 5.89 Å². The summed E-state index contributed by atoms with van der Waals surface area (Å²) in [6, 6.07) is 2.20.